The molecule has 2 aliphatic heterocycles. The van der Waals surface area contributed by atoms with E-state index < -0.39 is 0 Å². The second-order valence-electron chi connectivity index (χ2n) is 7.13. The van der Waals surface area contributed by atoms with E-state index in [0.29, 0.717) is 18.4 Å². The fourth-order valence-electron chi connectivity index (χ4n) is 3.90. The molecule has 0 radical (unpaired) electrons. The van der Waals surface area contributed by atoms with Gasteiger partial charge in [0.1, 0.15) is 6.10 Å². The number of hydrogen-bond donors (Lipinski definition) is 1. The first kappa shape index (κ1) is 21.8. The Morgan fingerprint density at radius 1 is 1.21 bits per heavy atom. The molecular weight excluding hydrogens is 483 g/mol. The van der Waals surface area contributed by atoms with Crippen molar-refractivity contribution >= 4 is 35.9 Å². The standard InChI is InChI=1S/C19H28N8O.HI/c1-2-27-16(4-8-24-27)17-15(5-13-28-17)14-23-18(20)25-9-11-26(12-10-25)19-21-6-3-7-22-19;/h3-4,6-8,15,17H,2,5,9-14H2,1H3,(H2,20,23);1H/t15-,17+;/m0./s1. The first-order chi connectivity index (χ1) is 13.8. The monoisotopic (exact) mass is 512 g/mol. The van der Waals surface area contributed by atoms with Crippen molar-refractivity contribution in [3.63, 3.8) is 0 Å². The Morgan fingerprint density at radius 2 is 1.97 bits per heavy atom. The number of ether oxygens (including phenoxy) is 1. The van der Waals surface area contributed by atoms with Crippen LogP contribution in [0.5, 0.6) is 0 Å². The van der Waals surface area contributed by atoms with Gasteiger partial charge in [-0.2, -0.15) is 5.10 Å². The van der Waals surface area contributed by atoms with Crippen molar-refractivity contribution < 1.29 is 4.74 Å². The lowest BCUT2D eigenvalue weighted by atomic mass is 9.99. The summed E-state index contributed by atoms with van der Waals surface area (Å²) >= 11 is 0. The third kappa shape index (κ3) is 4.97. The fraction of sp³-hybridized carbons (Fsp3) is 0.579. The van der Waals surface area contributed by atoms with Crippen LogP contribution < -0.4 is 10.6 Å². The summed E-state index contributed by atoms with van der Waals surface area (Å²) < 4.78 is 7.99. The Balaban J connectivity index is 0.00000240. The number of halogens is 1. The Labute approximate surface area is 188 Å². The number of aryl methyl sites for hydroxylation is 1. The number of anilines is 1. The summed E-state index contributed by atoms with van der Waals surface area (Å²) in [5, 5.41) is 4.37. The summed E-state index contributed by atoms with van der Waals surface area (Å²) in [5.41, 5.74) is 7.43. The second kappa shape index (κ2) is 10.2. The van der Waals surface area contributed by atoms with Gasteiger partial charge in [0.25, 0.3) is 0 Å². The number of aliphatic imine (C=N–C) groups is 1. The number of piperazine rings is 1. The van der Waals surface area contributed by atoms with E-state index in [2.05, 4.69) is 31.8 Å². The molecular formula is C19H29IN8O. The van der Waals surface area contributed by atoms with Crippen LogP contribution in [0.2, 0.25) is 0 Å². The molecule has 2 aliphatic rings. The molecule has 4 rings (SSSR count). The average Bonchev–Trinajstić information content (AvgIpc) is 3.41. The number of guanidine groups is 1. The summed E-state index contributed by atoms with van der Waals surface area (Å²) in [6, 6.07) is 3.88. The first-order valence-corrected chi connectivity index (χ1v) is 9.96. The predicted molar refractivity (Wildman–Crippen MR) is 122 cm³/mol. The number of nitrogens with two attached hydrogens (primary N) is 1. The molecule has 2 atom stereocenters. The molecule has 2 fully saturated rings. The summed E-state index contributed by atoms with van der Waals surface area (Å²) in [7, 11) is 0. The normalized spacial score (nSPS) is 22.6. The van der Waals surface area contributed by atoms with E-state index in [0.717, 1.165) is 57.4 Å². The van der Waals surface area contributed by atoms with E-state index in [9.17, 15) is 0 Å². The van der Waals surface area contributed by atoms with Gasteiger partial charge in [-0.1, -0.05) is 0 Å². The van der Waals surface area contributed by atoms with Crippen LogP contribution in [0.25, 0.3) is 0 Å². The predicted octanol–water partition coefficient (Wildman–Crippen LogP) is 1.53. The highest BCUT2D eigenvalue weighted by molar-refractivity contribution is 14.0. The summed E-state index contributed by atoms with van der Waals surface area (Å²) in [4.78, 5) is 17.7. The minimum Gasteiger partial charge on any atom is -0.372 e. The molecule has 158 valence electrons. The van der Waals surface area contributed by atoms with Crippen molar-refractivity contribution in [3.8, 4) is 0 Å². The van der Waals surface area contributed by atoms with Crippen LogP contribution in [0.3, 0.4) is 0 Å². The van der Waals surface area contributed by atoms with Gasteiger partial charge in [0, 0.05) is 70.4 Å². The molecule has 0 saturated carbocycles. The van der Waals surface area contributed by atoms with Crippen LogP contribution in [-0.2, 0) is 11.3 Å². The molecule has 0 bridgehead atoms. The van der Waals surface area contributed by atoms with E-state index in [1.807, 2.05) is 23.0 Å². The fourth-order valence-corrected chi connectivity index (χ4v) is 3.90. The van der Waals surface area contributed by atoms with Crippen LogP contribution in [0, 0.1) is 5.92 Å². The Bertz CT molecular complexity index is 791. The zero-order valence-corrected chi connectivity index (χ0v) is 19.1. The van der Waals surface area contributed by atoms with E-state index in [1.165, 1.54) is 0 Å². The molecule has 29 heavy (non-hydrogen) atoms. The lowest BCUT2D eigenvalue weighted by Gasteiger charge is -2.35. The summed E-state index contributed by atoms with van der Waals surface area (Å²) in [6.07, 6.45) is 6.43. The van der Waals surface area contributed by atoms with Gasteiger partial charge in [-0.25, -0.2) is 9.97 Å². The van der Waals surface area contributed by atoms with Crippen LogP contribution >= 0.6 is 24.0 Å². The maximum atomic E-state index is 6.30. The van der Waals surface area contributed by atoms with Crippen LogP contribution in [0.15, 0.2) is 35.7 Å². The third-order valence-electron chi connectivity index (χ3n) is 5.48. The maximum Gasteiger partial charge on any atom is 0.225 e. The molecule has 0 unspecified atom stereocenters. The summed E-state index contributed by atoms with van der Waals surface area (Å²) in [5.74, 6) is 1.72. The highest BCUT2D eigenvalue weighted by Crippen LogP contribution is 2.34. The molecule has 0 spiro atoms. The van der Waals surface area contributed by atoms with Gasteiger partial charge in [-0.15, -0.1) is 24.0 Å². The molecule has 0 aromatic carbocycles. The molecule has 2 N–H and O–H groups in total. The highest BCUT2D eigenvalue weighted by Gasteiger charge is 2.32. The molecule has 0 amide bonds. The number of nitrogens with zero attached hydrogens (tertiary/aromatic N) is 7. The van der Waals surface area contributed by atoms with Gasteiger partial charge in [-0.3, -0.25) is 9.67 Å². The highest BCUT2D eigenvalue weighted by atomic mass is 127. The number of hydrogen-bond acceptors (Lipinski definition) is 6. The minimum absolute atomic E-state index is 0. The molecule has 2 aromatic rings. The Morgan fingerprint density at radius 3 is 2.69 bits per heavy atom. The lowest BCUT2D eigenvalue weighted by molar-refractivity contribution is 0.0850. The zero-order chi connectivity index (χ0) is 19.3. The van der Waals surface area contributed by atoms with Gasteiger partial charge >= 0.3 is 0 Å². The molecule has 4 heterocycles. The van der Waals surface area contributed by atoms with Crippen LogP contribution in [-0.4, -0.2) is 69.9 Å². The number of aromatic nitrogens is 4. The van der Waals surface area contributed by atoms with E-state index in [4.69, 9.17) is 15.5 Å². The van der Waals surface area contributed by atoms with Gasteiger partial charge in [-0.05, 0) is 25.5 Å². The third-order valence-corrected chi connectivity index (χ3v) is 5.48. The van der Waals surface area contributed by atoms with E-state index >= 15 is 0 Å². The SMILES string of the molecule is CCn1nccc1[C@@H]1OCC[C@H]1CN=C(N)N1CCN(c2ncccn2)CC1.I. The minimum atomic E-state index is 0. The van der Waals surface area contributed by atoms with Crippen molar-refractivity contribution in [1.82, 2.24) is 24.6 Å². The first-order valence-electron chi connectivity index (χ1n) is 9.96. The molecule has 10 heteroatoms. The quantitative estimate of drug-likeness (QED) is 0.369. The molecule has 9 nitrogen and oxygen atoms in total. The molecule has 2 aromatic heterocycles. The Kier molecular flexibility index (Phi) is 7.64. The number of rotatable bonds is 5. The van der Waals surface area contributed by atoms with Crippen molar-refractivity contribution in [1.29, 1.82) is 0 Å². The smallest absolute Gasteiger partial charge is 0.225 e. The van der Waals surface area contributed by atoms with Crippen molar-refractivity contribution in [3.05, 3.63) is 36.4 Å². The van der Waals surface area contributed by atoms with Gasteiger partial charge < -0.3 is 20.3 Å². The van der Waals surface area contributed by atoms with Gasteiger partial charge in [0.15, 0.2) is 5.96 Å². The summed E-state index contributed by atoms with van der Waals surface area (Å²) in [6.45, 7) is 7.69. The molecule has 2 saturated heterocycles. The van der Waals surface area contributed by atoms with E-state index in [-0.39, 0.29) is 30.1 Å². The topological polar surface area (TPSA) is 97.7 Å². The lowest BCUT2D eigenvalue weighted by Crippen LogP contribution is -2.51. The Hall–Kier alpha value is -1.95. The van der Waals surface area contributed by atoms with Crippen LogP contribution in [0.1, 0.15) is 25.1 Å². The van der Waals surface area contributed by atoms with E-state index in [1.54, 1.807) is 12.4 Å². The zero-order valence-electron chi connectivity index (χ0n) is 16.7. The second-order valence-corrected chi connectivity index (χ2v) is 7.13. The largest absolute Gasteiger partial charge is 0.372 e. The van der Waals surface area contributed by atoms with Gasteiger partial charge in [0.2, 0.25) is 5.95 Å². The average molecular weight is 512 g/mol. The van der Waals surface area contributed by atoms with Crippen molar-refractivity contribution in [2.24, 2.45) is 16.6 Å². The van der Waals surface area contributed by atoms with Crippen LogP contribution in [0.4, 0.5) is 5.95 Å². The van der Waals surface area contributed by atoms with Gasteiger partial charge in [0.05, 0.1) is 5.69 Å². The molecule has 0 aliphatic carbocycles. The van der Waals surface area contributed by atoms with Crippen molar-refractivity contribution in [2.75, 3.05) is 44.2 Å². The maximum absolute atomic E-state index is 6.30. The van der Waals surface area contributed by atoms with Crippen molar-refractivity contribution in [2.45, 2.75) is 26.0 Å².